The number of nitrogens with one attached hydrogen (secondary N) is 1. The minimum absolute atomic E-state index is 0.0881. The number of benzene rings is 1. The van der Waals surface area contributed by atoms with Gasteiger partial charge in [0.25, 0.3) is 0 Å². The summed E-state index contributed by atoms with van der Waals surface area (Å²) in [5.74, 6) is 0.221. The number of amides is 1. The lowest BCUT2D eigenvalue weighted by Gasteiger charge is -2.06. The summed E-state index contributed by atoms with van der Waals surface area (Å²) in [4.78, 5) is 20.3. The average molecular weight is 317 g/mol. The molecular weight excluding hydrogens is 304 g/mol. The SMILES string of the molecule is O=C(Cn1cnc2c(CO)cccc21)Nc1ccc(Cl)cn1. The number of aliphatic hydroxyl groups is 1. The largest absolute Gasteiger partial charge is 0.392 e. The van der Waals surface area contributed by atoms with Crippen LogP contribution in [0.3, 0.4) is 0 Å². The molecule has 2 aromatic heterocycles. The van der Waals surface area contributed by atoms with Crippen LogP contribution in [0.25, 0.3) is 11.0 Å². The summed E-state index contributed by atoms with van der Waals surface area (Å²) in [7, 11) is 0. The molecule has 0 saturated heterocycles. The predicted molar refractivity (Wildman–Crippen MR) is 83.5 cm³/mol. The standard InChI is InChI=1S/C15H13ClN4O2/c16-11-4-5-13(17-6-11)19-14(22)7-20-9-18-15-10(8-21)2-1-3-12(15)20/h1-6,9,21H,7-8H2,(H,17,19,22). The smallest absolute Gasteiger partial charge is 0.245 e. The van der Waals surface area contributed by atoms with Crippen LogP contribution in [0.1, 0.15) is 5.56 Å². The van der Waals surface area contributed by atoms with E-state index in [1.165, 1.54) is 6.20 Å². The van der Waals surface area contributed by atoms with Crippen molar-refractivity contribution >= 4 is 34.4 Å². The molecule has 1 amide bonds. The van der Waals surface area contributed by atoms with E-state index in [0.29, 0.717) is 16.4 Å². The van der Waals surface area contributed by atoms with E-state index in [2.05, 4.69) is 15.3 Å². The van der Waals surface area contributed by atoms with Crippen LogP contribution >= 0.6 is 11.6 Å². The Labute approximate surface area is 131 Å². The summed E-state index contributed by atoms with van der Waals surface area (Å²) in [6.07, 6.45) is 3.05. The maximum absolute atomic E-state index is 12.1. The summed E-state index contributed by atoms with van der Waals surface area (Å²) in [5.41, 5.74) is 2.23. The fourth-order valence-electron chi connectivity index (χ4n) is 2.19. The third-order valence-corrected chi connectivity index (χ3v) is 3.44. The van der Waals surface area contributed by atoms with Gasteiger partial charge in [0.2, 0.25) is 5.91 Å². The molecule has 0 aliphatic carbocycles. The number of imidazole rings is 1. The van der Waals surface area contributed by atoms with Gasteiger partial charge in [-0.3, -0.25) is 4.79 Å². The third kappa shape index (κ3) is 2.93. The predicted octanol–water partition coefficient (Wildman–Crippen LogP) is 2.22. The number of hydrogen-bond acceptors (Lipinski definition) is 4. The molecule has 2 N–H and O–H groups in total. The zero-order valence-electron chi connectivity index (χ0n) is 11.5. The van der Waals surface area contributed by atoms with Crippen molar-refractivity contribution in [3.8, 4) is 0 Å². The van der Waals surface area contributed by atoms with Crippen LogP contribution in [0.4, 0.5) is 5.82 Å². The highest BCUT2D eigenvalue weighted by Gasteiger charge is 2.10. The summed E-state index contributed by atoms with van der Waals surface area (Å²) < 4.78 is 1.72. The molecule has 0 unspecified atom stereocenters. The Morgan fingerprint density at radius 1 is 1.27 bits per heavy atom. The van der Waals surface area contributed by atoms with Crippen LogP contribution in [0.2, 0.25) is 5.02 Å². The lowest BCUT2D eigenvalue weighted by molar-refractivity contribution is -0.116. The average Bonchev–Trinajstić information content (AvgIpc) is 2.92. The van der Waals surface area contributed by atoms with Crippen LogP contribution in [0.5, 0.6) is 0 Å². The Balaban J connectivity index is 1.78. The number of para-hydroxylation sites is 1. The van der Waals surface area contributed by atoms with Crippen molar-refractivity contribution in [1.82, 2.24) is 14.5 Å². The van der Waals surface area contributed by atoms with Crippen LogP contribution in [0.15, 0.2) is 42.9 Å². The number of rotatable bonds is 4. The molecule has 0 bridgehead atoms. The van der Waals surface area contributed by atoms with Gasteiger partial charge in [0.05, 0.1) is 29.0 Å². The zero-order chi connectivity index (χ0) is 15.5. The number of aromatic nitrogens is 3. The van der Waals surface area contributed by atoms with Gasteiger partial charge in [-0.25, -0.2) is 9.97 Å². The van der Waals surface area contributed by atoms with Crippen LogP contribution in [-0.2, 0) is 17.9 Å². The van der Waals surface area contributed by atoms with Gasteiger partial charge >= 0.3 is 0 Å². The minimum atomic E-state index is -0.219. The molecule has 0 saturated carbocycles. The first kappa shape index (κ1) is 14.5. The number of fused-ring (bicyclic) bond motifs is 1. The molecule has 0 atom stereocenters. The molecule has 1 aromatic carbocycles. The normalized spacial score (nSPS) is 10.8. The number of carbonyl (C=O) groups is 1. The summed E-state index contributed by atoms with van der Waals surface area (Å²) in [6.45, 7) is 0.0188. The van der Waals surface area contributed by atoms with Crippen molar-refractivity contribution in [2.24, 2.45) is 0 Å². The molecule has 0 radical (unpaired) electrons. The Bertz CT molecular complexity index is 814. The number of anilines is 1. The maximum atomic E-state index is 12.1. The maximum Gasteiger partial charge on any atom is 0.245 e. The fraction of sp³-hybridized carbons (Fsp3) is 0.133. The quantitative estimate of drug-likeness (QED) is 0.773. The van der Waals surface area contributed by atoms with Crippen molar-refractivity contribution in [2.75, 3.05) is 5.32 Å². The lowest BCUT2D eigenvalue weighted by atomic mass is 10.2. The van der Waals surface area contributed by atoms with Crippen LogP contribution in [0, 0.1) is 0 Å². The lowest BCUT2D eigenvalue weighted by Crippen LogP contribution is -2.18. The fourth-order valence-corrected chi connectivity index (χ4v) is 2.30. The highest BCUT2D eigenvalue weighted by Crippen LogP contribution is 2.17. The molecule has 0 spiro atoms. The molecule has 6 nitrogen and oxygen atoms in total. The monoisotopic (exact) mass is 316 g/mol. The first-order chi connectivity index (χ1) is 10.7. The van der Waals surface area contributed by atoms with E-state index in [4.69, 9.17) is 11.6 Å². The third-order valence-electron chi connectivity index (χ3n) is 3.21. The highest BCUT2D eigenvalue weighted by molar-refractivity contribution is 6.30. The van der Waals surface area contributed by atoms with Gasteiger partial charge < -0.3 is 15.0 Å². The molecule has 0 aliphatic heterocycles. The second kappa shape index (κ2) is 6.13. The van der Waals surface area contributed by atoms with Crippen molar-refractivity contribution in [3.63, 3.8) is 0 Å². The molecule has 3 rings (SSSR count). The van der Waals surface area contributed by atoms with Crippen molar-refractivity contribution in [1.29, 1.82) is 0 Å². The van der Waals surface area contributed by atoms with Gasteiger partial charge in [-0.05, 0) is 18.2 Å². The molecular formula is C15H13ClN4O2. The molecule has 112 valence electrons. The van der Waals surface area contributed by atoms with E-state index >= 15 is 0 Å². The first-order valence-electron chi connectivity index (χ1n) is 6.62. The zero-order valence-corrected chi connectivity index (χ0v) is 12.3. The van der Waals surface area contributed by atoms with E-state index in [1.54, 1.807) is 29.1 Å². The van der Waals surface area contributed by atoms with Gasteiger partial charge in [-0.2, -0.15) is 0 Å². The Morgan fingerprint density at radius 2 is 2.14 bits per heavy atom. The van der Waals surface area contributed by atoms with Gasteiger partial charge in [0.1, 0.15) is 12.4 Å². The second-order valence-corrected chi connectivity index (χ2v) is 5.16. The van der Waals surface area contributed by atoms with Crippen LogP contribution < -0.4 is 5.32 Å². The van der Waals surface area contributed by atoms with Gasteiger partial charge in [0.15, 0.2) is 0 Å². The highest BCUT2D eigenvalue weighted by atomic mass is 35.5. The van der Waals surface area contributed by atoms with Crippen molar-refractivity contribution in [3.05, 3.63) is 53.4 Å². The summed E-state index contributed by atoms with van der Waals surface area (Å²) >= 11 is 5.75. The van der Waals surface area contributed by atoms with E-state index < -0.39 is 0 Å². The first-order valence-corrected chi connectivity index (χ1v) is 7.00. The van der Waals surface area contributed by atoms with Gasteiger partial charge in [-0.1, -0.05) is 23.7 Å². The molecule has 0 fully saturated rings. The van der Waals surface area contributed by atoms with Gasteiger partial charge in [0, 0.05) is 11.8 Å². The van der Waals surface area contributed by atoms with E-state index in [1.807, 2.05) is 12.1 Å². The topological polar surface area (TPSA) is 80.0 Å². The molecule has 7 heteroatoms. The second-order valence-electron chi connectivity index (χ2n) is 4.73. The van der Waals surface area contributed by atoms with Crippen molar-refractivity contribution < 1.29 is 9.90 Å². The van der Waals surface area contributed by atoms with Crippen molar-refractivity contribution in [2.45, 2.75) is 13.2 Å². The number of hydrogen-bond donors (Lipinski definition) is 2. The molecule has 22 heavy (non-hydrogen) atoms. The molecule has 2 heterocycles. The van der Waals surface area contributed by atoms with Gasteiger partial charge in [-0.15, -0.1) is 0 Å². The summed E-state index contributed by atoms with van der Waals surface area (Å²) in [6, 6.07) is 8.78. The Hall–Kier alpha value is -2.44. The van der Waals surface area contributed by atoms with E-state index in [9.17, 15) is 9.90 Å². The van der Waals surface area contributed by atoms with Crippen LogP contribution in [-0.4, -0.2) is 25.5 Å². The molecule has 0 aliphatic rings. The number of halogens is 1. The Kier molecular flexibility index (Phi) is 4.04. The van der Waals surface area contributed by atoms with E-state index in [-0.39, 0.29) is 19.1 Å². The minimum Gasteiger partial charge on any atom is -0.392 e. The number of nitrogens with zero attached hydrogens (tertiary/aromatic N) is 3. The number of pyridine rings is 1. The number of aliphatic hydroxyl groups excluding tert-OH is 1. The Morgan fingerprint density at radius 3 is 2.86 bits per heavy atom. The molecule has 3 aromatic rings. The summed E-state index contributed by atoms with van der Waals surface area (Å²) in [5, 5.41) is 12.5. The van der Waals surface area contributed by atoms with E-state index in [0.717, 1.165) is 11.1 Å². The number of carbonyl (C=O) groups excluding carboxylic acids is 1.